The standard InChI is InChI=1S/C61H41NO/c1-4-15-42(16-5-1)44-29-35-49(36-30-44)62(50-37-31-45(32-38-50)43-17-6-2-7-18-43)51-39-40-54-53-21-10-12-25-57(53)61(58(54)41-51,47-19-8-3-9-20-47)48-33-27-46(28-34-48)52-23-14-24-56-55-22-11-13-26-59(55)63-60(52)56/h1-41H. The first-order chi connectivity index (χ1) is 31.2. The molecular formula is C61H41NO. The van der Waals surface area contributed by atoms with Gasteiger partial charge in [0.2, 0.25) is 0 Å². The van der Waals surface area contributed by atoms with E-state index in [1.807, 2.05) is 6.07 Å². The molecule has 10 aromatic carbocycles. The van der Waals surface area contributed by atoms with Crippen molar-refractivity contribution < 1.29 is 4.42 Å². The highest BCUT2D eigenvalue weighted by molar-refractivity contribution is 6.09. The summed E-state index contributed by atoms with van der Waals surface area (Å²) in [6.45, 7) is 0. The number of anilines is 3. The minimum Gasteiger partial charge on any atom is -0.455 e. The SMILES string of the molecule is c1ccc(-c2ccc(N(c3ccc(-c4ccccc4)cc3)c3ccc4c(c3)C(c3ccccc3)(c3ccc(-c5cccc6c5oc5ccccc56)cc3)c3ccccc3-4)cc2)cc1. The Morgan fingerprint density at radius 3 is 1.44 bits per heavy atom. The first kappa shape index (κ1) is 36.6. The van der Waals surface area contributed by atoms with Crippen molar-refractivity contribution in [1.82, 2.24) is 0 Å². The van der Waals surface area contributed by atoms with Crippen molar-refractivity contribution in [3.63, 3.8) is 0 Å². The Balaban J connectivity index is 1.04. The highest BCUT2D eigenvalue weighted by atomic mass is 16.3. The molecule has 0 amide bonds. The lowest BCUT2D eigenvalue weighted by atomic mass is 9.67. The molecule has 0 radical (unpaired) electrons. The molecule has 1 unspecified atom stereocenters. The smallest absolute Gasteiger partial charge is 0.143 e. The zero-order chi connectivity index (χ0) is 41.7. The van der Waals surface area contributed by atoms with E-state index in [9.17, 15) is 0 Å². The lowest BCUT2D eigenvalue weighted by Gasteiger charge is -2.35. The Bertz CT molecular complexity index is 3330. The van der Waals surface area contributed by atoms with Gasteiger partial charge >= 0.3 is 0 Å². The first-order valence-corrected chi connectivity index (χ1v) is 21.7. The molecule has 1 aliphatic rings. The number of hydrogen-bond acceptors (Lipinski definition) is 2. The van der Waals surface area contributed by atoms with Crippen molar-refractivity contribution >= 4 is 39.0 Å². The fraction of sp³-hybridized carbons (Fsp3) is 0.0164. The molecular weight excluding hydrogens is 763 g/mol. The minimum atomic E-state index is -0.590. The number of rotatable bonds is 8. The third-order valence-electron chi connectivity index (χ3n) is 13.0. The fourth-order valence-electron chi connectivity index (χ4n) is 10.1. The van der Waals surface area contributed by atoms with Crippen LogP contribution in [0.1, 0.15) is 22.3 Å². The summed E-state index contributed by atoms with van der Waals surface area (Å²) in [5.41, 5.74) is 19.0. The Morgan fingerprint density at radius 2 is 0.778 bits per heavy atom. The quantitative estimate of drug-likeness (QED) is 0.152. The number of hydrogen-bond donors (Lipinski definition) is 0. The van der Waals surface area contributed by atoms with Gasteiger partial charge in [-0.2, -0.15) is 0 Å². The van der Waals surface area contributed by atoms with Crippen molar-refractivity contribution in [1.29, 1.82) is 0 Å². The van der Waals surface area contributed by atoms with Gasteiger partial charge in [-0.25, -0.2) is 0 Å². The number of furan rings is 1. The summed E-state index contributed by atoms with van der Waals surface area (Å²) in [5, 5.41) is 2.27. The monoisotopic (exact) mass is 803 g/mol. The maximum absolute atomic E-state index is 6.51. The van der Waals surface area contributed by atoms with Gasteiger partial charge in [0.15, 0.2) is 0 Å². The molecule has 0 N–H and O–H groups in total. The summed E-state index contributed by atoms with van der Waals surface area (Å²) >= 11 is 0. The molecule has 296 valence electrons. The molecule has 0 spiro atoms. The molecule has 0 saturated heterocycles. The van der Waals surface area contributed by atoms with Gasteiger partial charge in [0.05, 0.1) is 5.41 Å². The maximum atomic E-state index is 6.51. The van der Waals surface area contributed by atoms with Gasteiger partial charge in [-0.3, -0.25) is 0 Å². The molecule has 2 heteroatoms. The van der Waals surface area contributed by atoms with E-state index >= 15 is 0 Å². The predicted octanol–water partition coefficient (Wildman–Crippen LogP) is 16.4. The molecule has 1 aliphatic carbocycles. The van der Waals surface area contributed by atoms with E-state index in [0.717, 1.165) is 50.1 Å². The van der Waals surface area contributed by atoms with E-state index in [2.05, 4.69) is 248 Å². The number of nitrogens with zero attached hydrogens (tertiary/aromatic N) is 1. The summed E-state index contributed by atoms with van der Waals surface area (Å²) in [6, 6.07) is 90.3. The molecule has 0 saturated carbocycles. The van der Waals surface area contributed by atoms with Gasteiger partial charge in [0, 0.05) is 33.4 Å². The van der Waals surface area contributed by atoms with Crippen LogP contribution in [-0.4, -0.2) is 0 Å². The molecule has 63 heavy (non-hydrogen) atoms. The van der Waals surface area contributed by atoms with Crippen molar-refractivity contribution in [3.8, 4) is 44.5 Å². The van der Waals surface area contributed by atoms with Crippen molar-refractivity contribution in [2.75, 3.05) is 4.90 Å². The summed E-state index contributed by atoms with van der Waals surface area (Å²) in [4.78, 5) is 2.40. The number of benzene rings is 10. The van der Waals surface area contributed by atoms with Gasteiger partial charge in [0.25, 0.3) is 0 Å². The summed E-state index contributed by atoms with van der Waals surface area (Å²) in [5.74, 6) is 0. The molecule has 0 bridgehead atoms. The highest BCUT2D eigenvalue weighted by Gasteiger charge is 2.46. The van der Waals surface area contributed by atoms with Crippen LogP contribution >= 0.6 is 0 Å². The zero-order valence-corrected chi connectivity index (χ0v) is 34.5. The Labute approximate surface area is 367 Å². The van der Waals surface area contributed by atoms with E-state index in [-0.39, 0.29) is 0 Å². The average Bonchev–Trinajstić information content (AvgIpc) is 3.89. The second-order valence-corrected chi connectivity index (χ2v) is 16.4. The Morgan fingerprint density at radius 1 is 0.302 bits per heavy atom. The molecule has 0 fully saturated rings. The van der Waals surface area contributed by atoms with Gasteiger partial charge in [0.1, 0.15) is 11.2 Å². The molecule has 1 heterocycles. The second kappa shape index (κ2) is 15.1. The van der Waals surface area contributed by atoms with Crippen LogP contribution in [0.15, 0.2) is 253 Å². The van der Waals surface area contributed by atoms with Crippen LogP contribution in [0.3, 0.4) is 0 Å². The van der Waals surface area contributed by atoms with E-state index in [4.69, 9.17) is 4.42 Å². The first-order valence-electron chi connectivity index (χ1n) is 21.7. The molecule has 12 rings (SSSR count). The summed E-state index contributed by atoms with van der Waals surface area (Å²) in [6.07, 6.45) is 0. The molecule has 11 aromatic rings. The van der Waals surface area contributed by atoms with E-state index in [0.29, 0.717) is 0 Å². The second-order valence-electron chi connectivity index (χ2n) is 16.4. The summed E-state index contributed by atoms with van der Waals surface area (Å²) in [7, 11) is 0. The largest absolute Gasteiger partial charge is 0.455 e. The van der Waals surface area contributed by atoms with Gasteiger partial charge in [-0.15, -0.1) is 0 Å². The Kier molecular flexibility index (Phi) is 8.76. The lowest BCUT2D eigenvalue weighted by Crippen LogP contribution is -2.28. The van der Waals surface area contributed by atoms with Crippen molar-refractivity contribution in [3.05, 3.63) is 271 Å². The van der Waals surface area contributed by atoms with Crippen LogP contribution in [0.2, 0.25) is 0 Å². The van der Waals surface area contributed by atoms with Crippen LogP contribution in [0.4, 0.5) is 17.1 Å². The van der Waals surface area contributed by atoms with Crippen LogP contribution in [0.5, 0.6) is 0 Å². The lowest BCUT2D eigenvalue weighted by molar-refractivity contribution is 0.670. The number of para-hydroxylation sites is 2. The summed E-state index contributed by atoms with van der Waals surface area (Å²) < 4.78 is 6.51. The fourth-order valence-corrected chi connectivity index (χ4v) is 10.1. The van der Waals surface area contributed by atoms with Crippen molar-refractivity contribution in [2.45, 2.75) is 5.41 Å². The predicted molar refractivity (Wildman–Crippen MR) is 262 cm³/mol. The normalized spacial score (nSPS) is 14.1. The van der Waals surface area contributed by atoms with Crippen LogP contribution in [0.25, 0.3) is 66.4 Å². The maximum Gasteiger partial charge on any atom is 0.143 e. The van der Waals surface area contributed by atoms with Gasteiger partial charge in [-0.05, 0) is 104 Å². The highest BCUT2D eigenvalue weighted by Crippen LogP contribution is 2.57. The average molecular weight is 804 g/mol. The van der Waals surface area contributed by atoms with Crippen LogP contribution in [-0.2, 0) is 5.41 Å². The van der Waals surface area contributed by atoms with Crippen LogP contribution in [0, 0.1) is 0 Å². The van der Waals surface area contributed by atoms with E-state index < -0.39 is 5.41 Å². The Hall–Kier alpha value is -8.20. The third kappa shape index (κ3) is 6.02. The minimum absolute atomic E-state index is 0.590. The van der Waals surface area contributed by atoms with Crippen LogP contribution < -0.4 is 4.90 Å². The number of fused-ring (bicyclic) bond motifs is 6. The van der Waals surface area contributed by atoms with Crippen molar-refractivity contribution in [2.24, 2.45) is 0 Å². The zero-order valence-electron chi connectivity index (χ0n) is 34.5. The third-order valence-corrected chi connectivity index (χ3v) is 13.0. The molecule has 0 aliphatic heterocycles. The van der Waals surface area contributed by atoms with Gasteiger partial charge < -0.3 is 9.32 Å². The molecule has 1 atom stereocenters. The van der Waals surface area contributed by atoms with Gasteiger partial charge in [-0.1, -0.05) is 206 Å². The molecule has 1 aromatic heterocycles. The van der Waals surface area contributed by atoms with E-state index in [1.165, 1.54) is 55.6 Å². The topological polar surface area (TPSA) is 16.4 Å². The van der Waals surface area contributed by atoms with E-state index in [1.54, 1.807) is 0 Å². The molecule has 2 nitrogen and oxygen atoms in total.